The van der Waals surface area contributed by atoms with Gasteiger partial charge < -0.3 is 14.5 Å². The molecule has 1 atom stereocenters. The highest BCUT2D eigenvalue weighted by molar-refractivity contribution is 5.97. The average Bonchev–Trinajstić information content (AvgIpc) is 3.19. The second-order valence-corrected chi connectivity index (χ2v) is 6.35. The van der Waals surface area contributed by atoms with E-state index in [1.165, 1.54) is 0 Å². The van der Waals surface area contributed by atoms with Crippen LogP contribution in [0.25, 0.3) is 10.9 Å². The molecule has 1 aliphatic rings. The molecule has 5 heteroatoms. The van der Waals surface area contributed by atoms with Gasteiger partial charge in [-0.1, -0.05) is 18.2 Å². The van der Waals surface area contributed by atoms with E-state index in [1.807, 2.05) is 54.7 Å². The van der Waals surface area contributed by atoms with E-state index in [4.69, 9.17) is 0 Å². The zero-order chi connectivity index (χ0) is 15.8. The van der Waals surface area contributed by atoms with Crippen molar-refractivity contribution in [3.8, 4) is 0 Å². The van der Waals surface area contributed by atoms with Gasteiger partial charge in [0.2, 0.25) is 0 Å². The number of benzene rings is 1. The summed E-state index contributed by atoms with van der Waals surface area (Å²) in [6, 6.07) is 9.90. The molecule has 23 heavy (non-hydrogen) atoms. The molecule has 118 valence electrons. The highest BCUT2D eigenvalue weighted by Gasteiger charge is 2.23. The zero-order valence-corrected chi connectivity index (χ0v) is 13.2. The van der Waals surface area contributed by atoms with Gasteiger partial charge in [-0.25, -0.2) is 4.98 Å². The first-order valence-electron chi connectivity index (χ1n) is 8.04. The van der Waals surface area contributed by atoms with Gasteiger partial charge in [0.25, 0.3) is 5.91 Å². The molecule has 1 N–H and O–H groups in total. The van der Waals surface area contributed by atoms with Crippen LogP contribution in [0.5, 0.6) is 0 Å². The molecule has 0 bridgehead atoms. The lowest BCUT2D eigenvalue weighted by molar-refractivity contribution is 0.0759. The third kappa shape index (κ3) is 2.63. The fourth-order valence-corrected chi connectivity index (χ4v) is 3.44. The van der Waals surface area contributed by atoms with Crippen molar-refractivity contribution in [3.05, 3.63) is 54.2 Å². The zero-order valence-electron chi connectivity index (χ0n) is 13.2. The van der Waals surface area contributed by atoms with Crippen LogP contribution >= 0.6 is 0 Å². The molecule has 0 saturated carbocycles. The quantitative estimate of drug-likeness (QED) is 0.809. The number of imidazole rings is 1. The number of nitrogens with zero attached hydrogens (tertiary/aromatic N) is 3. The van der Waals surface area contributed by atoms with Crippen LogP contribution in [-0.4, -0.2) is 38.9 Å². The number of para-hydroxylation sites is 1. The highest BCUT2D eigenvalue weighted by Crippen LogP contribution is 2.21. The molecule has 0 radical (unpaired) electrons. The van der Waals surface area contributed by atoms with E-state index in [0.717, 1.165) is 42.7 Å². The number of hydrogen-bond donors (Lipinski definition) is 1. The third-order valence-electron chi connectivity index (χ3n) is 4.69. The minimum atomic E-state index is 0.0510. The van der Waals surface area contributed by atoms with E-state index in [0.29, 0.717) is 11.6 Å². The van der Waals surface area contributed by atoms with E-state index in [-0.39, 0.29) is 5.91 Å². The minimum absolute atomic E-state index is 0.0510. The Morgan fingerprint density at radius 2 is 2.30 bits per heavy atom. The van der Waals surface area contributed by atoms with Gasteiger partial charge in [0, 0.05) is 49.9 Å². The van der Waals surface area contributed by atoms with Crippen LogP contribution in [0.3, 0.4) is 0 Å². The Morgan fingerprint density at radius 3 is 3.17 bits per heavy atom. The standard InChI is InChI=1S/C18H20N4O/c1-21(12-13-6-8-22-9-7-19-17(22)10-13)18(23)16-11-14-4-2-3-5-15(14)20-16/h2-5,7,9,11,13,20H,6,8,10,12H2,1H3/t13-/m0/s1. The van der Waals surface area contributed by atoms with Gasteiger partial charge in [-0.05, 0) is 24.5 Å². The lowest BCUT2D eigenvalue weighted by Crippen LogP contribution is -2.35. The smallest absolute Gasteiger partial charge is 0.270 e. The monoisotopic (exact) mass is 308 g/mol. The molecular formula is C18H20N4O. The molecule has 0 fully saturated rings. The van der Waals surface area contributed by atoms with Crippen LogP contribution in [0.15, 0.2) is 42.7 Å². The second kappa shape index (κ2) is 5.57. The number of fused-ring (bicyclic) bond motifs is 2. The van der Waals surface area contributed by atoms with Crippen LogP contribution in [-0.2, 0) is 13.0 Å². The molecule has 3 heterocycles. The van der Waals surface area contributed by atoms with Crippen LogP contribution in [0, 0.1) is 5.92 Å². The van der Waals surface area contributed by atoms with Gasteiger partial charge in [0.15, 0.2) is 0 Å². The lowest BCUT2D eigenvalue weighted by Gasteiger charge is -2.27. The maximum atomic E-state index is 12.7. The van der Waals surface area contributed by atoms with Gasteiger partial charge in [0.05, 0.1) is 0 Å². The summed E-state index contributed by atoms with van der Waals surface area (Å²) >= 11 is 0. The molecule has 0 aliphatic carbocycles. The second-order valence-electron chi connectivity index (χ2n) is 6.35. The fraction of sp³-hybridized carbons (Fsp3) is 0.333. The number of amides is 1. The van der Waals surface area contributed by atoms with Crippen molar-refractivity contribution < 1.29 is 4.79 Å². The van der Waals surface area contributed by atoms with E-state index in [9.17, 15) is 4.79 Å². The van der Waals surface area contributed by atoms with Gasteiger partial charge in [-0.2, -0.15) is 0 Å². The Balaban J connectivity index is 1.46. The summed E-state index contributed by atoms with van der Waals surface area (Å²) in [6.07, 6.45) is 5.92. The van der Waals surface area contributed by atoms with Gasteiger partial charge >= 0.3 is 0 Å². The SMILES string of the molecule is CN(C[C@H]1CCn2ccnc2C1)C(=O)c1cc2ccccc2[nH]1. The molecule has 3 aromatic rings. The molecule has 5 nitrogen and oxygen atoms in total. The number of carbonyl (C=O) groups is 1. The number of nitrogens with one attached hydrogen (secondary N) is 1. The van der Waals surface area contributed by atoms with Crippen molar-refractivity contribution in [3.63, 3.8) is 0 Å². The number of aromatic nitrogens is 3. The predicted molar refractivity (Wildman–Crippen MR) is 89.3 cm³/mol. The molecule has 0 saturated heterocycles. The van der Waals surface area contributed by atoms with E-state index >= 15 is 0 Å². The van der Waals surface area contributed by atoms with Crippen LogP contribution in [0.2, 0.25) is 0 Å². The van der Waals surface area contributed by atoms with E-state index < -0.39 is 0 Å². The summed E-state index contributed by atoms with van der Waals surface area (Å²) in [6.45, 7) is 1.76. The topological polar surface area (TPSA) is 53.9 Å². The largest absolute Gasteiger partial charge is 0.351 e. The number of carbonyl (C=O) groups excluding carboxylic acids is 1. The summed E-state index contributed by atoms with van der Waals surface area (Å²) in [7, 11) is 1.88. The van der Waals surface area contributed by atoms with Crippen molar-refractivity contribution in [2.24, 2.45) is 5.92 Å². The molecule has 2 aromatic heterocycles. The molecule has 0 unspecified atom stereocenters. The Hall–Kier alpha value is -2.56. The van der Waals surface area contributed by atoms with Crippen molar-refractivity contribution >= 4 is 16.8 Å². The molecule has 0 spiro atoms. The number of hydrogen-bond acceptors (Lipinski definition) is 2. The summed E-state index contributed by atoms with van der Waals surface area (Å²) < 4.78 is 2.20. The van der Waals surface area contributed by atoms with E-state index in [2.05, 4.69) is 14.5 Å². The van der Waals surface area contributed by atoms with Gasteiger partial charge in [0.1, 0.15) is 11.5 Å². The summed E-state index contributed by atoms with van der Waals surface area (Å²) in [4.78, 5) is 22.1. The predicted octanol–water partition coefficient (Wildman–Crippen LogP) is 2.70. The Kier molecular flexibility index (Phi) is 3.41. The Bertz CT molecular complexity index is 814. The average molecular weight is 308 g/mol. The lowest BCUT2D eigenvalue weighted by atomic mass is 9.97. The Labute approximate surface area is 134 Å². The first-order chi connectivity index (χ1) is 11.2. The van der Waals surface area contributed by atoms with Gasteiger partial charge in [-0.3, -0.25) is 4.79 Å². The summed E-state index contributed by atoms with van der Waals surface area (Å²) in [5.74, 6) is 1.66. The molecule has 4 rings (SSSR count). The summed E-state index contributed by atoms with van der Waals surface area (Å²) in [5.41, 5.74) is 1.66. The van der Waals surface area contributed by atoms with Crippen molar-refractivity contribution in [1.82, 2.24) is 19.4 Å². The number of H-pyrrole nitrogens is 1. The molecule has 1 aliphatic heterocycles. The highest BCUT2D eigenvalue weighted by atomic mass is 16.2. The first-order valence-corrected chi connectivity index (χ1v) is 8.04. The minimum Gasteiger partial charge on any atom is -0.351 e. The number of aryl methyl sites for hydroxylation is 1. The number of aromatic amines is 1. The Morgan fingerprint density at radius 1 is 1.43 bits per heavy atom. The number of rotatable bonds is 3. The van der Waals surface area contributed by atoms with Gasteiger partial charge in [-0.15, -0.1) is 0 Å². The first kappa shape index (κ1) is 14.1. The molecule has 1 aromatic carbocycles. The van der Waals surface area contributed by atoms with Crippen molar-refractivity contribution in [2.75, 3.05) is 13.6 Å². The molecule has 1 amide bonds. The van der Waals surface area contributed by atoms with Crippen LogP contribution in [0.4, 0.5) is 0 Å². The maximum absolute atomic E-state index is 12.7. The maximum Gasteiger partial charge on any atom is 0.270 e. The van der Waals surface area contributed by atoms with Crippen molar-refractivity contribution in [1.29, 1.82) is 0 Å². The van der Waals surface area contributed by atoms with Crippen molar-refractivity contribution in [2.45, 2.75) is 19.4 Å². The fourth-order valence-electron chi connectivity index (χ4n) is 3.44. The third-order valence-corrected chi connectivity index (χ3v) is 4.69. The van der Waals surface area contributed by atoms with E-state index in [1.54, 1.807) is 0 Å². The summed E-state index contributed by atoms with van der Waals surface area (Å²) in [5, 5.41) is 1.07. The molecular weight excluding hydrogens is 288 g/mol. The van der Waals surface area contributed by atoms with Crippen LogP contribution in [0.1, 0.15) is 22.7 Å². The van der Waals surface area contributed by atoms with Crippen LogP contribution < -0.4 is 0 Å². The normalized spacial score (nSPS) is 17.2.